The number of amides is 2. The fourth-order valence-electron chi connectivity index (χ4n) is 4.33. The summed E-state index contributed by atoms with van der Waals surface area (Å²) in [4.78, 5) is 25.6. The second-order valence-corrected chi connectivity index (χ2v) is 7.44. The van der Waals surface area contributed by atoms with Crippen LogP contribution in [0.4, 0.5) is 15.9 Å². The van der Waals surface area contributed by atoms with Crippen LogP contribution in [-0.4, -0.2) is 21.6 Å². The lowest BCUT2D eigenvalue weighted by molar-refractivity contribution is -0.125. The molecule has 3 heterocycles. The molecule has 5 rings (SSSR count). The third-order valence-electron chi connectivity index (χ3n) is 5.44. The van der Waals surface area contributed by atoms with Gasteiger partial charge in [0.05, 0.1) is 11.9 Å². The minimum absolute atomic E-state index is 0.0964. The number of carbonyl (C=O) groups is 2. The molecular formula is C21H17FN4O2. The molecule has 2 amide bonds. The molecule has 2 N–H and O–H groups in total. The number of halogens is 1. The molecule has 140 valence electrons. The lowest BCUT2D eigenvalue weighted by Crippen LogP contribution is -2.43. The minimum atomic E-state index is -1.29. The number of carbonyl (C=O) groups excluding carboxylic acids is 2. The zero-order valence-electron chi connectivity index (χ0n) is 15.3. The van der Waals surface area contributed by atoms with Crippen molar-refractivity contribution in [2.24, 2.45) is 0 Å². The number of hydrogen-bond acceptors (Lipinski definition) is 3. The topological polar surface area (TPSA) is 76.0 Å². The molecule has 0 aliphatic carbocycles. The summed E-state index contributed by atoms with van der Waals surface area (Å²) in [7, 11) is 0. The van der Waals surface area contributed by atoms with Crippen LogP contribution in [0.1, 0.15) is 28.7 Å². The minimum Gasteiger partial charge on any atom is -0.325 e. The van der Waals surface area contributed by atoms with Gasteiger partial charge in [0.2, 0.25) is 11.8 Å². The molecule has 1 spiro atoms. The first-order valence-electron chi connectivity index (χ1n) is 8.97. The van der Waals surface area contributed by atoms with Gasteiger partial charge in [-0.25, -0.2) is 9.07 Å². The number of aryl methyl sites for hydroxylation is 2. The van der Waals surface area contributed by atoms with Crippen molar-refractivity contribution in [1.29, 1.82) is 0 Å². The summed E-state index contributed by atoms with van der Waals surface area (Å²) in [5.74, 6) is -0.674. The number of rotatable bonds is 1. The SMILES string of the molecule is Cc1cc(C)cc(-n2ncc3c2NC(=O)CC32C(=O)Nc3ccc(F)cc32)c1. The maximum atomic E-state index is 14.0. The van der Waals surface area contributed by atoms with Crippen LogP contribution in [0.5, 0.6) is 0 Å². The molecule has 0 radical (unpaired) electrons. The molecule has 0 saturated carbocycles. The van der Waals surface area contributed by atoms with Crippen molar-refractivity contribution in [2.75, 3.05) is 10.6 Å². The third-order valence-corrected chi connectivity index (χ3v) is 5.44. The van der Waals surface area contributed by atoms with E-state index in [1.807, 2.05) is 32.0 Å². The molecule has 0 bridgehead atoms. The summed E-state index contributed by atoms with van der Waals surface area (Å²) < 4.78 is 15.6. The third kappa shape index (κ3) is 2.16. The van der Waals surface area contributed by atoms with E-state index in [-0.39, 0.29) is 18.2 Å². The summed E-state index contributed by atoms with van der Waals surface area (Å²) >= 11 is 0. The lowest BCUT2D eigenvalue weighted by atomic mass is 9.72. The standard InChI is InChI=1S/C21H17FN4O2/c1-11-5-12(2)7-14(6-11)26-19-16(10-23-26)21(9-18(27)25-19)15-8-13(22)3-4-17(15)24-20(21)28/h3-8,10H,9H2,1-2H3,(H,24,28)(H,25,27). The average Bonchev–Trinajstić information content (AvgIpc) is 3.15. The van der Waals surface area contributed by atoms with E-state index < -0.39 is 11.2 Å². The highest BCUT2D eigenvalue weighted by Gasteiger charge is 2.54. The molecular weight excluding hydrogens is 359 g/mol. The zero-order valence-corrected chi connectivity index (χ0v) is 15.3. The Balaban J connectivity index is 1.77. The maximum Gasteiger partial charge on any atom is 0.240 e. The first-order valence-corrected chi connectivity index (χ1v) is 8.97. The van der Waals surface area contributed by atoms with Gasteiger partial charge in [-0.15, -0.1) is 0 Å². The fraction of sp³-hybridized carbons (Fsp3) is 0.190. The monoisotopic (exact) mass is 376 g/mol. The van der Waals surface area contributed by atoms with E-state index in [0.717, 1.165) is 16.8 Å². The smallest absolute Gasteiger partial charge is 0.240 e. The molecule has 6 nitrogen and oxygen atoms in total. The van der Waals surface area contributed by atoms with Gasteiger partial charge in [0, 0.05) is 17.7 Å². The lowest BCUT2D eigenvalue weighted by Gasteiger charge is -2.31. The van der Waals surface area contributed by atoms with Gasteiger partial charge >= 0.3 is 0 Å². The van der Waals surface area contributed by atoms with Crippen LogP contribution in [0, 0.1) is 19.7 Å². The largest absolute Gasteiger partial charge is 0.325 e. The Morgan fingerprint density at radius 2 is 1.79 bits per heavy atom. The predicted molar refractivity (Wildman–Crippen MR) is 102 cm³/mol. The summed E-state index contributed by atoms with van der Waals surface area (Å²) in [6.07, 6.45) is 1.49. The van der Waals surface area contributed by atoms with Crippen molar-refractivity contribution < 1.29 is 14.0 Å². The number of nitrogens with one attached hydrogen (secondary N) is 2. The van der Waals surface area contributed by atoms with E-state index in [1.165, 1.54) is 18.2 Å². The number of anilines is 2. The average molecular weight is 376 g/mol. The van der Waals surface area contributed by atoms with Gasteiger partial charge < -0.3 is 10.6 Å². The van der Waals surface area contributed by atoms with Crippen LogP contribution in [-0.2, 0) is 15.0 Å². The Morgan fingerprint density at radius 3 is 2.54 bits per heavy atom. The number of hydrogen-bond donors (Lipinski definition) is 2. The highest BCUT2D eigenvalue weighted by Crippen LogP contribution is 2.50. The molecule has 2 aromatic carbocycles. The van der Waals surface area contributed by atoms with E-state index in [2.05, 4.69) is 15.7 Å². The van der Waals surface area contributed by atoms with Crippen molar-refractivity contribution in [3.05, 3.63) is 70.7 Å². The van der Waals surface area contributed by atoms with Crippen LogP contribution in [0.15, 0.2) is 42.6 Å². The molecule has 28 heavy (non-hydrogen) atoms. The van der Waals surface area contributed by atoms with Gasteiger partial charge in [-0.3, -0.25) is 9.59 Å². The number of aromatic nitrogens is 2. The fourth-order valence-corrected chi connectivity index (χ4v) is 4.33. The Labute approximate surface area is 160 Å². The Bertz CT molecular complexity index is 1160. The molecule has 1 aromatic heterocycles. The number of fused-ring (bicyclic) bond motifs is 4. The maximum absolute atomic E-state index is 14.0. The molecule has 2 aliphatic heterocycles. The second kappa shape index (κ2) is 5.51. The van der Waals surface area contributed by atoms with E-state index in [0.29, 0.717) is 22.6 Å². The zero-order chi connectivity index (χ0) is 19.6. The number of benzene rings is 2. The van der Waals surface area contributed by atoms with Crippen molar-refractivity contribution in [1.82, 2.24) is 9.78 Å². The number of nitrogens with zero attached hydrogens (tertiary/aromatic N) is 2. The van der Waals surface area contributed by atoms with Crippen LogP contribution in [0.3, 0.4) is 0 Å². The summed E-state index contributed by atoms with van der Waals surface area (Å²) in [5.41, 5.74) is 3.16. The molecule has 7 heteroatoms. The van der Waals surface area contributed by atoms with Crippen LogP contribution in [0.25, 0.3) is 5.69 Å². The van der Waals surface area contributed by atoms with Crippen molar-refractivity contribution in [3.8, 4) is 5.69 Å². The van der Waals surface area contributed by atoms with Gasteiger partial charge in [-0.2, -0.15) is 5.10 Å². The van der Waals surface area contributed by atoms with Crippen LogP contribution in [0.2, 0.25) is 0 Å². The molecule has 0 fully saturated rings. The Kier molecular flexibility index (Phi) is 3.28. The highest BCUT2D eigenvalue weighted by atomic mass is 19.1. The predicted octanol–water partition coefficient (Wildman–Crippen LogP) is 3.21. The van der Waals surface area contributed by atoms with Crippen LogP contribution < -0.4 is 10.6 Å². The van der Waals surface area contributed by atoms with E-state index in [4.69, 9.17) is 0 Å². The van der Waals surface area contributed by atoms with Gasteiger partial charge in [0.15, 0.2) is 0 Å². The first-order chi connectivity index (χ1) is 13.4. The Hall–Kier alpha value is -3.48. The van der Waals surface area contributed by atoms with Crippen molar-refractivity contribution >= 4 is 23.3 Å². The van der Waals surface area contributed by atoms with E-state index >= 15 is 0 Å². The summed E-state index contributed by atoms with van der Waals surface area (Å²) in [6, 6.07) is 10.1. The van der Waals surface area contributed by atoms with Gasteiger partial charge in [0.1, 0.15) is 17.1 Å². The molecule has 1 atom stereocenters. The van der Waals surface area contributed by atoms with Crippen molar-refractivity contribution in [2.45, 2.75) is 25.7 Å². The molecule has 2 aliphatic rings. The molecule has 1 unspecified atom stereocenters. The summed E-state index contributed by atoms with van der Waals surface area (Å²) in [5, 5.41) is 10.1. The van der Waals surface area contributed by atoms with Gasteiger partial charge in [-0.05, 0) is 60.9 Å². The first kappa shape index (κ1) is 16.7. The van der Waals surface area contributed by atoms with E-state index in [9.17, 15) is 14.0 Å². The van der Waals surface area contributed by atoms with Gasteiger partial charge in [-0.1, -0.05) is 6.07 Å². The normalized spacial score (nSPS) is 20.0. The van der Waals surface area contributed by atoms with Crippen LogP contribution >= 0.6 is 0 Å². The quantitative estimate of drug-likeness (QED) is 0.685. The van der Waals surface area contributed by atoms with E-state index in [1.54, 1.807) is 10.9 Å². The molecule has 3 aromatic rings. The highest BCUT2D eigenvalue weighted by molar-refractivity contribution is 6.14. The van der Waals surface area contributed by atoms with Gasteiger partial charge in [0.25, 0.3) is 0 Å². The summed E-state index contributed by atoms with van der Waals surface area (Å²) in [6.45, 7) is 3.96. The second-order valence-electron chi connectivity index (χ2n) is 7.44. The van der Waals surface area contributed by atoms with Crippen molar-refractivity contribution in [3.63, 3.8) is 0 Å². The molecule has 0 saturated heterocycles. The Morgan fingerprint density at radius 1 is 1.04 bits per heavy atom.